The van der Waals surface area contributed by atoms with Crippen molar-refractivity contribution in [3.8, 4) is 11.5 Å². The fraction of sp³-hybridized carbons (Fsp3) is 0.111. The Morgan fingerprint density at radius 2 is 1.57 bits per heavy atom. The van der Waals surface area contributed by atoms with E-state index in [1.165, 1.54) is 27.2 Å². The lowest BCUT2D eigenvalue weighted by Crippen LogP contribution is -2.32. The maximum atomic E-state index is 13.2. The maximum absolute atomic E-state index is 13.2. The molecule has 0 aromatic heterocycles. The van der Waals surface area contributed by atoms with Crippen molar-refractivity contribution < 1.29 is 28.7 Å². The molecule has 0 spiro atoms. The first kappa shape index (κ1) is 25.5. The number of nitrogens with zero attached hydrogens (tertiary/aromatic N) is 1. The zero-order chi connectivity index (χ0) is 26.7. The summed E-state index contributed by atoms with van der Waals surface area (Å²) >= 11 is 6.24. The van der Waals surface area contributed by atoms with Crippen LogP contribution in [0.1, 0.15) is 27.6 Å². The van der Waals surface area contributed by atoms with E-state index >= 15 is 0 Å². The van der Waals surface area contributed by atoms with Crippen molar-refractivity contribution in [1.29, 1.82) is 0 Å². The number of methoxy groups -OCH3 is 2. The Balaban J connectivity index is 1.51. The van der Waals surface area contributed by atoms with Gasteiger partial charge in [-0.05, 0) is 55.5 Å². The topological polar surface area (TPSA) is 114 Å². The molecular weight excluding hydrogens is 498 g/mol. The van der Waals surface area contributed by atoms with Crippen molar-refractivity contribution in [3.63, 3.8) is 0 Å². The number of Topliss-reactive ketones (excluding diaryl/α,β-unsaturated/α-hetero) is 1. The molecule has 10 heteroatoms. The Kier molecular flexibility index (Phi) is 7.26. The Hall–Kier alpha value is -4.63. The molecule has 188 valence electrons. The number of rotatable bonds is 8. The average Bonchev–Trinajstić information content (AvgIpc) is 3.11. The minimum atomic E-state index is -0.718. The molecule has 2 N–H and O–H groups in total. The normalized spacial score (nSPS) is 13.0. The fourth-order valence-electron chi connectivity index (χ4n) is 3.67. The molecule has 1 heterocycles. The largest absolute Gasteiger partial charge is 0.497 e. The molecular formula is C27H22ClN3O6. The molecule has 0 aliphatic carbocycles. The third-order valence-corrected chi connectivity index (χ3v) is 5.95. The molecule has 0 saturated heterocycles. The van der Waals surface area contributed by atoms with Crippen molar-refractivity contribution in [2.75, 3.05) is 29.8 Å². The van der Waals surface area contributed by atoms with Crippen LogP contribution in [0.15, 0.2) is 77.5 Å². The summed E-state index contributed by atoms with van der Waals surface area (Å²) in [6.07, 6.45) is 0. The van der Waals surface area contributed by atoms with Crippen LogP contribution in [0.2, 0.25) is 0 Å². The zero-order valence-corrected chi connectivity index (χ0v) is 20.9. The highest BCUT2D eigenvalue weighted by molar-refractivity contribution is 6.53. The summed E-state index contributed by atoms with van der Waals surface area (Å²) in [5.41, 5.74) is 1.82. The summed E-state index contributed by atoms with van der Waals surface area (Å²) in [6, 6.07) is 17.6. The lowest BCUT2D eigenvalue weighted by molar-refractivity contribution is -0.120. The van der Waals surface area contributed by atoms with Gasteiger partial charge in [0, 0.05) is 28.6 Å². The summed E-state index contributed by atoms with van der Waals surface area (Å²) < 4.78 is 10.5. The van der Waals surface area contributed by atoms with E-state index in [4.69, 9.17) is 21.1 Å². The van der Waals surface area contributed by atoms with Gasteiger partial charge in [0.2, 0.25) is 0 Å². The lowest BCUT2D eigenvalue weighted by atomic mass is 10.1. The van der Waals surface area contributed by atoms with E-state index < -0.39 is 11.8 Å². The van der Waals surface area contributed by atoms with E-state index in [9.17, 15) is 19.2 Å². The van der Waals surface area contributed by atoms with Crippen LogP contribution in [-0.4, -0.2) is 37.7 Å². The smallest absolute Gasteiger partial charge is 0.283 e. The molecule has 0 bridgehead atoms. The van der Waals surface area contributed by atoms with Gasteiger partial charge in [0.05, 0.1) is 19.9 Å². The number of carbonyl (C=O) groups excluding carboxylic acids is 4. The molecule has 3 aromatic carbocycles. The van der Waals surface area contributed by atoms with E-state index in [-0.39, 0.29) is 33.9 Å². The maximum Gasteiger partial charge on any atom is 0.283 e. The van der Waals surface area contributed by atoms with Gasteiger partial charge in [-0.3, -0.25) is 19.2 Å². The monoisotopic (exact) mass is 519 g/mol. The zero-order valence-electron chi connectivity index (χ0n) is 20.1. The highest BCUT2D eigenvalue weighted by atomic mass is 35.5. The molecule has 4 rings (SSSR count). The Morgan fingerprint density at radius 1 is 0.838 bits per heavy atom. The van der Waals surface area contributed by atoms with E-state index in [0.29, 0.717) is 28.3 Å². The van der Waals surface area contributed by atoms with Gasteiger partial charge < -0.3 is 20.1 Å². The van der Waals surface area contributed by atoms with Crippen LogP contribution >= 0.6 is 11.6 Å². The molecule has 3 amide bonds. The minimum Gasteiger partial charge on any atom is -0.497 e. The molecule has 0 saturated carbocycles. The second-order valence-electron chi connectivity index (χ2n) is 7.97. The summed E-state index contributed by atoms with van der Waals surface area (Å²) in [7, 11) is 2.88. The number of hydrogen-bond donors (Lipinski definition) is 2. The number of ketones is 1. The molecule has 9 nitrogen and oxygen atoms in total. The SMILES string of the molecule is COc1ccc(OC)c(N2C(=O)C(Cl)=C(Nc3ccc(C(=O)Nc4cccc(C(C)=O)c4)cc3)C2=O)c1. The van der Waals surface area contributed by atoms with Crippen molar-refractivity contribution in [2.45, 2.75) is 6.92 Å². The number of hydrogen-bond acceptors (Lipinski definition) is 7. The summed E-state index contributed by atoms with van der Waals surface area (Å²) in [4.78, 5) is 51.2. The highest BCUT2D eigenvalue weighted by Crippen LogP contribution is 2.38. The second kappa shape index (κ2) is 10.5. The van der Waals surface area contributed by atoms with E-state index in [0.717, 1.165) is 4.90 Å². The number of ether oxygens (including phenoxy) is 2. The van der Waals surface area contributed by atoms with Gasteiger partial charge in [-0.2, -0.15) is 0 Å². The summed E-state index contributed by atoms with van der Waals surface area (Å²) in [5, 5.41) is 5.32. The number of nitrogens with one attached hydrogen (secondary N) is 2. The predicted molar refractivity (Wildman–Crippen MR) is 139 cm³/mol. The summed E-state index contributed by atoms with van der Waals surface area (Å²) in [6.45, 7) is 1.45. The van der Waals surface area contributed by atoms with E-state index in [1.807, 2.05) is 0 Å². The Morgan fingerprint density at radius 3 is 2.22 bits per heavy atom. The van der Waals surface area contributed by atoms with Crippen molar-refractivity contribution >= 4 is 52.2 Å². The molecule has 0 fully saturated rings. The Bertz CT molecular complexity index is 1450. The molecule has 3 aromatic rings. The Labute approximate surface area is 217 Å². The van der Waals surface area contributed by atoms with Gasteiger partial charge in [-0.15, -0.1) is 0 Å². The van der Waals surface area contributed by atoms with Crippen LogP contribution in [0.25, 0.3) is 0 Å². The highest BCUT2D eigenvalue weighted by Gasteiger charge is 2.40. The average molecular weight is 520 g/mol. The van der Waals surface area contributed by atoms with Crippen LogP contribution in [0.4, 0.5) is 17.1 Å². The van der Waals surface area contributed by atoms with Crippen LogP contribution in [0.5, 0.6) is 11.5 Å². The number of imide groups is 1. The summed E-state index contributed by atoms with van der Waals surface area (Å²) in [5.74, 6) is -1.16. The van der Waals surface area contributed by atoms with E-state index in [2.05, 4.69) is 10.6 Å². The fourth-order valence-corrected chi connectivity index (χ4v) is 3.88. The first-order valence-corrected chi connectivity index (χ1v) is 11.4. The van der Waals surface area contributed by atoms with Crippen molar-refractivity contribution in [1.82, 2.24) is 0 Å². The van der Waals surface area contributed by atoms with Crippen molar-refractivity contribution in [2.24, 2.45) is 0 Å². The van der Waals surface area contributed by atoms with Crippen LogP contribution in [0.3, 0.4) is 0 Å². The van der Waals surface area contributed by atoms with Crippen LogP contribution in [-0.2, 0) is 9.59 Å². The molecule has 0 atom stereocenters. The molecule has 0 radical (unpaired) electrons. The molecule has 0 unspecified atom stereocenters. The molecule has 37 heavy (non-hydrogen) atoms. The number of anilines is 3. The van der Waals surface area contributed by atoms with Crippen LogP contribution < -0.4 is 25.0 Å². The third-order valence-electron chi connectivity index (χ3n) is 5.60. The standard InChI is InChI=1S/C27H22ClN3O6/c1-15(32)17-5-4-6-19(13-17)30-25(33)16-7-9-18(10-8-16)29-24-23(28)26(34)31(27(24)35)21-14-20(36-2)11-12-22(21)37-3/h4-14,29H,1-3H3,(H,30,33). The van der Waals surface area contributed by atoms with Gasteiger partial charge in [-0.1, -0.05) is 23.7 Å². The van der Waals surface area contributed by atoms with Gasteiger partial charge in [0.15, 0.2) is 5.78 Å². The predicted octanol–water partition coefficient (Wildman–Crippen LogP) is 4.59. The van der Waals surface area contributed by atoms with Gasteiger partial charge >= 0.3 is 0 Å². The van der Waals surface area contributed by atoms with Crippen molar-refractivity contribution in [3.05, 3.63) is 88.6 Å². The first-order valence-electron chi connectivity index (χ1n) is 11.0. The number of halogens is 1. The lowest BCUT2D eigenvalue weighted by Gasteiger charge is -2.19. The minimum absolute atomic E-state index is 0.108. The first-order chi connectivity index (χ1) is 17.7. The van der Waals surface area contributed by atoms with Gasteiger partial charge in [0.1, 0.15) is 22.2 Å². The van der Waals surface area contributed by atoms with E-state index in [1.54, 1.807) is 60.7 Å². The second-order valence-corrected chi connectivity index (χ2v) is 8.34. The number of carbonyl (C=O) groups is 4. The van der Waals surface area contributed by atoms with Gasteiger partial charge in [0.25, 0.3) is 17.7 Å². The third kappa shape index (κ3) is 5.17. The quantitative estimate of drug-likeness (QED) is 0.330. The molecule has 1 aliphatic rings. The number of benzene rings is 3. The van der Waals surface area contributed by atoms with Crippen LogP contribution in [0, 0.1) is 0 Å². The molecule has 1 aliphatic heterocycles. The number of amides is 3. The van der Waals surface area contributed by atoms with Gasteiger partial charge in [-0.25, -0.2) is 4.90 Å².